The molecule has 2 N–H and O–H groups in total. The first-order valence-electron chi connectivity index (χ1n) is 5.72. The quantitative estimate of drug-likeness (QED) is 0.809. The molecule has 1 aromatic rings. The molecule has 6 nitrogen and oxygen atoms in total. The van der Waals surface area contributed by atoms with Gasteiger partial charge in [0.25, 0.3) is 5.91 Å². The summed E-state index contributed by atoms with van der Waals surface area (Å²) in [7, 11) is 3.00. The number of carbonyl (C=O) groups excluding carboxylic acids is 1. The van der Waals surface area contributed by atoms with Crippen LogP contribution in [0.1, 0.15) is 22.3 Å². The van der Waals surface area contributed by atoms with Crippen LogP contribution in [-0.4, -0.2) is 37.7 Å². The van der Waals surface area contributed by atoms with Crippen LogP contribution in [0.2, 0.25) is 0 Å². The molecule has 0 unspecified atom stereocenters. The van der Waals surface area contributed by atoms with Gasteiger partial charge in [-0.1, -0.05) is 0 Å². The Bertz CT molecular complexity index is 484. The van der Waals surface area contributed by atoms with E-state index in [1.54, 1.807) is 19.1 Å². The van der Waals surface area contributed by atoms with E-state index in [1.807, 2.05) is 0 Å². The van der Waals surface area contributed by atoms with Crippen LogP contribution < -0.4 is 14.8 Å². The van der Waals surface area contributed by atoms with Crippen molar-refractivity contribution >= 4 is 11.9 Å². The minimum Gasteiger partial charge on any atom is -0.496 e. The molecular weight excluding hydrogens is 250 g/mol. The third-order valence-electron chi connectivity index (χ3n) is 2.65. The lowest BCUT2D eigenvalue weighted by atomic mass is 10.1. The smallest absolute Gasteiger partial charge is 0.305 e. The molecule has 1 aromatic carbocycles. The molecule has 104 valence electrons. The molecule has 0 radical (unpaired) electrons. The average molecular weight is 267 g/mol. The highest BCUT2D eigenvalue weighted by atomic mass is 16.5. The van der Waals surface area contributed by atoms with Gasteiger partial charge in [0.15, 0.2) is 0 Å². The summed E-state index contributed by atoms with van der Waals surface area (Å²) in [5.74, 6) is -0.284. The van der Waals surface area contributed by atoms with Gasteiger partial charge in [0.05, 0.1) is 26.2 Å². The highest BCUT2D eigenvalue weighted by molar-refractivity contribution is 5.97. The van der Waals surface area contributed by atoms with Crippen molar-refractivity contribution in [3.05, 3.63) is 23.3 Å². The number of carbonyl (C=O) groups is 2. The third kappa shape index (κ3) is 3.61. The number of nitrogens with one attached hydrogen (secondary N) is 1. The van der Waals surface area contributed by atoms with Crippen molar-refractivity contribution in [2.45, 2.75) is 13.3 Å². The Balaban J connectivity index is 2.90. The first-order valence-corrected chi connectivity index (χ1v) is 5.72. The maximum absolute atomic E-state index is 11.9. The molecule has 1 rings (SSSR count). The zero-order valence-electron chi connectivity index (χ0n) is 11.1. The van der Waals surface area contributed by atoms with E-state index in [-0.39, 0.29) is 18.9 Å². The van der Waals surface area contributed by atoms with Gasteiger partial charge < -0.3 is 19.9 Å². The summed E-state index contributed by atoms with van der Waals surface area (Å²) < 4.78 is 10.4. The normalized spacial score (nSPS) is 9.84. The highest BCUT2D eigenvalue weighted by Gasteiger charge is 2.17. The highest BCUT2D eigenvalue weighted by Crippen LogP contribution is 2.31. The lowest BCUT2D eigenvalue weighted by Crippen LogP contribution is -2.26. The van der Waals surface area contributed by atoms with Crippen molar-refractivity contribution in [3.8, 4) is 11.5 Å². The van der Waals surface area contributed by atoms with Gasteiger partial charge in [-0.15, -0.1) is 0 Å². The molecule has 0 saturated heterocycles. The Hall–Kier alpha value is -2.24. The lowest BCUT2D eigenvalue weighted by molar-refractivity contribution is -0.136. The first kappa shape index (κ1) is 14.8. The van der Waals surface area contributed by atoms with E-state index < -0.39 is 5.97 Å². The summed E-state index contributed by atoms with van der Waals surface area (Å²) in [6.45, 7) is 1.86. The van der Waals surface area contributed by atoms with Crippen LogP contribution >= 0.6 is 0 Å². The zero-order chi connectivity index (χ0) is 14.4. The van der Waals surface area contributed by atoms with Crippen LogP contribution in [0.3, 0.4) is 0 Å². The van der Waals surface area contributed by atoms with Gasteiger partial charge in [-0.25, -0.2) is 0 Å². The van der Waals surface area contributed by atoms with Crippen LogP contribution in [0.5, 0.6) is 11.5 Å². The van der Waals surface area contributed by atoms with Crippen LogP contribution in [-0.2, 0) is 4.79 Å². The van der Waals surface area contributed by atoms with E-state index in [0.29, 0.717) is 17.1 Å². The van der Waals surface area contributed by atoms with Crippen molar-refractivity contribution in [1.29, 1.82) is 0 Å². The van der Waals surface area contributed by atoms with Crippen molar-refractivity contribution < 1.29 is 24.2 Å². The van der Waals surface area contributed by atoms with Gasteiger partial charge in [0, 0.05) is 12.1 Å². The van der Waals surface area contributed by atoms with Crippen LogP contribution in [0.25, 0.3) is 0 Å². The summed E-state index contributed by atoms with van der Waals surface area (Å²) in [4.78, 5) is 22.3. The molecule has 0 aromatic heterocycles. The molecule has 19 heavy (non-hydrogen) atoms. The number of rotatable bonds is 6. The maximum atomic E-state index is 11.9. The summed E-state index contributed by atoms with van der Waals surface area (Å²) in [6.07, 6.45) is -0.122. The molecule has 6 heteroatoms. The van der Waals surface area contributed by atoms with Gasteiger partial charge in [-0.3, -0.25) is 9.59 Å². The number of ether oxygens (including phenoxy) is 2. The Morgan fingerprint density at radius 1 is 1.26 bits per heavy atom. The number of hydrogen-bond acceptors (Lipinski definition) is 4. The molecule has 0 aliphatic heterocycles. The number of amides is 1. The Morgan fingerprint density at radius 2 is 1.95 bits per heavy atom. The van der Waals surface area contributed by atoms with E-state index in [0.717, 1.165) is 5.56 Å². The summed E-state index contributed by atoms with van der Waals surface area (Å²) in [5.41, 5.74) is 1.07. The number of carboxylic acid groups (broad SMARTS) is 1. The second-order valence-electron chi connectivity index (χ2n) is 3.87. The molecule has 1 amide bonds. The number of carboxylic acids is 1. The lowest BCUT2D eigenvalue weighted by Gasteiger charge is -2.14. The SMILES string of the molecule is COc1ccc(C(=O)NCCC(=O)O)c(OC)c1C. The largest absolute Gasteiger partial charge is 0.496 e. The molecule has 0 bridgehead atoms. The fourth-order valence-electron chi connectivity index (χ4n) is 1.71. The zero-order valence-corrected chi connectivity index (χ0v) is 11.1. The topological polar surface area (TPSA) is 84.9 Å². The van der Waals surface area contributed by atoms with Crippen LogP contribution in [0.4, 0.5) is 0 Å². The molecule has 0 aliphatic carbocycles. The fourth-order valence-corrected chi connectivity index (χ4v) is 1.71. The predicted octanol–water partition coefficient (Wildman–Crippen LogP) is 1.22. The van der Waals surface area contributed by atoms with Crippen LogP contribution in [0.15, 0.2) is 12.1 Å². The van der Waals surface area contributed by atoms with E-state index in [2.05, 4.69) is 5.32 Å². The van der Waals surface area contributed by atoms with Crippen molar-refractivity contribution in [3.63, 3.8) is 0 Å². The maximum Gasteiger partial charge on any atom is 0.305 e. The van der Waals surface area contributed by atoms with Gasteiger partial charge in [-0.05, 0) is 19.1 Å². The van der Waals surface area contributed by atoms with E-state index in [9.17, 15) is 9.59 Å². The number of aliphatic carboxylic acids is 1. The molecule has 0 fully saturated rings. The Labute approximate surface area is 111 Å². The van der Waals surface area contributed by atoms with Gasteiger partial charge in [0.1, 0.15) is 11.5 Å². The molecule has 0 heterocycles. The summed E-state index contributed by atoms with van der Waals surface area (Å²) in [6, 6.07) is 3.25. The molecule has 0 spiro atoms. The first-order chi connectivity index (χ1) is 9.01. The average Bonchev–Trinajstić information content (AvgIpc) is 2.37. The van der Waals surface area contributed by atoms with E-state index >= 15 is 0 Å². The monoisotopic (exact) mass is 267 g/mol. The Morgan fingerprint density at radius 3 is 2.47 bits per heavy atom. The van der Waals surface area contributed by atoms with Gasteiger partial charge in [0.2, 0.25) is 0 Å². The van der Waals surface area contributed by atoms with Crippen LogP contribution in [0, 0.1) is 6.92 Å². The fraction of sp³-hybridized carbons (Fsp3) is 0.385. The molecule has 0 saturated carbocycles. The summed E-state index contributed by atoms with van der Waals surface area (Å²) >= 11 is 0. The van der Waals surface area contributed by atoms with E-state index in [1.165, 1.54) is 14.2 Å². The second kappa shape index (κ2) is 6.63. The third-order valence-corrected chi connectivity index (χ3v) is 2.65. The number of benzene rings is 1. The molecular formula is C13H17NO5. The van der Waals surface area contributed by atoms with E-state index in [4.69, 9.17) is 14.6 Å². The molecule has 0 atom stereocenters. The number of methoxy groups -OCH3 is 2. The predicted molar refractivity (Wildman–Crippen MR) is 68.9 cm³/mol. The second-order valence-corrected chi connectivity index (χ2v) is 3.87. The minimum absolute atomic E-state index is 0.0718. The van der Waals surface area contributed by atoms with Gasteiger partial charge in [-0.2, -0.15) is 0 Å². The Kier molecular flexibility index (Phi) is 5.17. The van der Waals surface area contributed by atoms with Gasteiger partial charge >= 0.3 is 5.97 Å². The summed E-state index contributed by atoms with van der Waals surface area (Å²) in [5, 5.41) is 11.0. The standard InChI is InChI=1S/C13H17NO5/c1-8-10(18-2)5-4-9(12(8)19-3)13(17)14-7-6-11(15)16/h4-5H,6-7H2,1-3H3,(H,14,17)(H,15,16). The van der Waals surface area contributed by atoms with Crippen molar-refractivity contribution in [2.75, 3.05) is 20.8 Å². The number of hydrogen-bond donors (Lipinski definition) is 2. The van der Waals surface area contributed by atoms with Crippen molar-refractivity contribution in [2.24, 2.45) is 0 Å². The minimum atomic E-state index is -0.960. The molecule has 0 aliphatic rings. The van der Waals surface area contributed by atoms with Crippen molar-refractivity contribution in [1.82, 2.24) is 5.32 Å².